The lowest BCUT2D eigenvalue weighted by Crippen LogP contribution is -2.31. The maximum atomic E-state index is 13.0. The molecule has 0 amide bonds. The van der Waals surface area contributed by atoms with Crippen molar-refractivity contribution in [2.24, 2.45) is 11.7 Å². The van der Waals surface area contributed by atoms with Gasteiger partial charge in [-0.15, -0.1) is 0 Å². The van der Waals surface area contributed by atoms with Crippen LogP contribution in [0.3, 0.4) is 0 Å². The lowest BCUT2D eigenvalue weighted by Gasteiger charge is -2.23. The second-order valence-electron chi connectivity index (χ2n) is 7.08. The summed E-state index contributed by atoms with van der Waals surface area (Å²) in [5.74, 6) is -0.391. The topological polar surface area (TPSA) is 78.9 Å². The number of rotatable bonds is 4. The molecule has 3 rings (SSSR count). The first kappa shape index (κ1) is 19.9. The summed E-state index contributed by atoms with van der Waals surface area (Å²) >= 11 is 0. The zero-order valence-corrected chi connectivity index (χ0v) is 15.3. The number of halogens is 3. The van der Waals surface area contributed by atoms with Gasteiger partial charge in [0.1, 0.15) is 0 Å². The smallest absolute Gasteiger partial charge is 0.381 e. The van der Waals surface area contributed by atoms with Crippen molar-refractivity contribution < 1.29 is 18.0 Å². The van der Waals surface area contributed by atoms with E-state index in [9.17, 15) is 18.0 Å². The minimum absolute atomic E-state index is 0.106. The third kappa shape index (κ3) is 4.02. The molecular weight excluding hydrogens is 367 g/mol. The van der Waals surface area contributed by atoms with Crippen molar-refractivity contribution in [3.8, 4) is 6.07 Å². The molecular formula is C21H20F3N3O. The molecule has 3 unspecified atom stereocenters. The number of hydrogen-bond acceptors (Lipinski definition) is 4. The van der Waals surface area contributed by atoms with E-state index < -0.39 is 23.8 Å². The van der Waals surface area contributed by atoms with E-state index in [4.69, 9.17) is 11.0 Å². The molecule has 2 aliphatic carbocycles. The highest BCUT2D eigenvalue weighted by Gasteiger charge is 2.36. The fraction of sp³-hybridized carbons (Fsp3) is 0.333. The third-order valence-electron chi connectivity index (χ3n) is 5.01. The summed E-state index contributed by atoms with van der Waals surface area (Å²) in [5, 5.41) is 12.0. The Balaban J connectivity index is 1.89. The molecule has 0 bridgehead atoms. The molecule has 28 heavy (non-hydrogen) atoms. The van der Waals surface area contributed by atoms with Gasteiger partial charge in [0.25, 0.3) is 0 Å². The van der Waals surface area contributed by atoms with Gasteiger partial charge in [-0.25, -0.2) is 0 Å². The Hall–Kier alpha value is -2.85. The number of ketones is 1. The molecule has 7 heteroatoms. The second-order valence-corrected chi connectivity index (χ2v) is 7.08. The minimum atomic E-state index is -4.41. The van der Waals surface area contributed by atoms with Crippen molar-refractivity contribution >= 4 is 5.78 Å². The molecule has 3 N–H and O–H groups in total. The first-order valence-corrected chi connectivity index (χ1v) is 8.95. The van der Waals surface area contributed by atoms with E-state index in [1.807, 2.05) is 6.07 Å². The molecule has 0 radical (unpaired) electrons. The Morgan fingerprint density at radius 1 is 1.29 bits per heavy atom. The highest BCUT2D eigenvalue weighted by Crippen LogP contribution is 2.35. The van der Waals surface area contributed by atoms with Gasteiger partial charge < -0.3 is 11.1 Å². The molecule has 0 saturated heterocycles. The van der Waals surface area contributed by atoms with E-state index in [0.717, 1.165) is 12.2 Å². The highest BCUT2D eigenvalue weighted by atomic mass is 19.4. The Labute approximate surface area is 161 Å². The van der Waals surface area contributed by atoms with E-state index in [2.05, 4.69) is 5.32 Å². The lowest BCUT2D eigenvalue weighted by molar-refractivity contribution is -0.118. The molecule has 0 heterocycles. The molecule has 0 saturated carbocycles. The number of benzene rings is 1. The third-order valence-corrected chi connectivity index (χ3v) is 5.01. The fourth-order valence-electron chi connectivity index (χ4n) is 3.53. The number of carbonyl (C=O) groups is 1. The van der Waals surface area contributed by atoms with Gasteiger partial charge in [0.05, 0.1) is 23.2 Å². The van der Waals surface area contributed by atoms with Gasteiger partial charge in [0.15, 0.2) is 5.78 Å². The van der Waals surface area contributed by atoms with E-state index in [0.29, 0.717) is 35.2 Å². The van der Waals surface area contributed by atoms with Crippen LogP contribution < -0.4 is 11.1 Å². The molecule has 1 aromatic rings. The number of nitriles is 1. The first-order valence-electron chi connectivity index (χ1n) is 8.95. The van der Waals surface area contributed by atoms with Gasteiger partial charge in [0, 0.05) is 23.2 Å². The van der Waals surface area contributed by atoms with Gasteiger partial charge in [-0.1, -0.05) is 31.2 Å². The molecule has 1 aromatic carbocycles. The number of allylic oxidation sites excluding steroid dienone is 3. The quantitative estimate of drug-likeness (QED) is 0.823. The average molecular weight is 387 g/mol. The summed E-state index contributed by atoms with van der Waals surface area (Å²) in [5.41, 5.74) is 7.76. The Kier molecular flexibility index (Phi) is 5.43. The SMILES string of the molecule is CC1CC(NC2C=C(C(F)(F)F)C=CC2)=C(C(N)c2ccc(C#N)cc2)C1=O. The zero-order chi connectivity index (χ0) is 20.5. The van der Waals surface area contributed by atoms with Crippen LogP contribution >= 0.6 is 0 Å². The molecule has 0 fully saturated rings. The average Bonchev–Trinajstić information content (AvgIpc) is 2.94. The van der Waals surface area contributed by atoms with Gasteiger partial charge in [-0.3, -0.25) is 4.79 Å². The van der Waals surface area contributed by atoms with Crippen molar-refractivity contribution in [2.75, 3.05) is 0 Å². The lowest BCUT2D eigenvalue weighted by atomic mass is 9.95. The van der Waals surface area contributed by atoms with E-state index >= 15 is 0 Å². The van der Waals surface area contributed by atoms with Crippen LogP contribution in [0.1, 0.15) is 36.9 Å². The molecule has 0 aromatic heterocycles. The summed E-state index contributed by atoms with van der Waals surface area (Å²) in [7, 11) is 0. The van der Waals surface area contributed by atoms with Crippen LogP contribution in [0.15, 0.2) is 59.3 Å². The van der Waals surface area contributed by atoms with E-state index in [-0.39, 0.29) is 11.7 Å². The standard InChI is InChI=1S/C21H20F3N3O/c1-12-9-17(27-16-4-2-3-15(10-16)21(22,23)24)18(20(12)28)19(26)14-7-5-13(11-25)6-8-14/h2-3,5-8,10,12,16,19,27H,4,9,26H2,1H3. The van der Waals surface area contributed by atoms with Crippen molar-refractivity contribution in [1.29, 1.82) is 5.26 Å². The maximum absolute atomic E-state index is 13.0. The fourth-order valence-corrected chi connectivity index (χ4v) is 3.53. The van der Waals surface area contributed by atoms with Crippen LogP contribution in [-0.4, -0.2) is 18.0 Å². The van der Waals surface area contributed by atoms with Crippen LogP contribution in [-0.2, 0) is 4.79 Å². The number of carbonyl (C=O) groups excluding carboxylic acids is 1. The normalized spacial score (nSPS) is 23.4. The molecule has 0 aliphatic heterocycles. The molecule has 0 spiro atoms. The summed E-state index contributed by atoms with van der Waals surface area (Å²) in [6, 6.07) is 7.37. The monoisotopic (exact) mass is 387 g/mol. The predicted molar refractivity (Wildman–Crippen MR) is 98.7 cm³/mol. The highest BCUT2D eigenvalue weighted by molar-refractivity contribution is 6.01. The van der Waals surface area contributed by atoms with Crippen molar-refractivity contribution in [3.05, 3.63) is 70.5 Å². The van der Waals surface area contributed by atoms with Gasteiger partial charge in [-0.2, -0.15) is 18.4 Å². The minimum Gasteiger partial charge on any atom is -0.381 e. The predicted octanol–water partition coefficient (Wildman–Crippen LogP) is 3.83. The maximum Gasteiger partial charge on any atom is 0.416 e. The number of nitrogens with zero attached hydrogens (tertiary/aromatic N) is 1. The van der Waals surface area contributed by atoms with Crippen molar-refractivity contribution in [2.45, 2.75) is 38.0 Å². The number of alkyl halides is 3. The second kappa shape index (κ2) is 7.64. The Morgan fingerprint density at radius 2 is 1.96 bits per heavy atom. The summed E-state index contributed by atoms with van der Waals surface area (Å²) in [6.45, 7) is 1.78. The van der Waals surface area contributed by atoms with Crippen molar-refractivity contribution in [3.63, 3.8) is 0 Å². The van der Waals surface area contributed by atoms with Crippen LogP contribution in [0.4, 0.5) is 13.2 Å². The number of Topliss-reactive ketones (excluding diaryl/α,β-unsaturated/α-hetero) is 1. The van der Waals surface area contributed by atoms with Gasteiger partial charge in [0.2, 0.25) is 0 Å². The molecule has 3 atom stereocenters. The molecule has 4 nitrogen and oxygen atoms in total. The summed E-state index contributed by atoms with van der Waals surface area (Å²) in [6.07, 6.45) is 0.0789. The van der Waals surface area contributed by atoms with Crippen LogP contribution in [0, 0.1) is 17.2 Å². The Bertz CT molecular complexity index is 904. The van der Waals surface area contributed by atoms with Crippen LogP contribution in [0.2, 0.25) is 0 Å². The Morgan fingerprint density at radius 3 is 2.57 bits per heavy atom. The van der Waals surface area contributed by atoms with Gasteiger partial charge >= 0.3 is 6.18 Å². The molecule has 2 aliphatic rings. The molecule has 146 valence electrons. The first-order chi connectivity index (χ1) is 13.2. The van der Waals surface area contributed by atoms with E-state index in [1.54, 1.807) is 31.2 Å². The van der Waals surface area contributed by atoms with Crippen molar-refractivity contribution in [1.82, 2.24) is 5.32 Å². The number of nitrogens with two attached hydrogens (primary N) is 1. The summed E-state index contributed by atoms with van der Waals surface area (Å²) in [4.78, 5) is 12.7. The van der Waals surface area contributed by atoms with E-state index in [1.165, 1.54) is 6.08 Å². The van der Waals surface area contributed by atoms with Crippen LogP contribution in [0.25, 0.3) is 0 Å². The van der Waals surface area contributed by atoms with Gasteiger partial charge in [-0.05, 0) is 36.6 Å². The number of nitrogens with one attached hydrogen (secondary N) is 1. The summed E-state index contributed by atoms with van der Waals surface area (Å²) < 4.78 is 39.0. The van der Waals surface area contributed by atoms with Crippen LogP contribution in [0.5, 0.6) is 0 Å². The number of hydrogen-bond donors (Lipinski definition) is 2. The zero-order valence-electron chi connectivity index (χ0n) is 15.3. The largest absolute Gasteiger partial charge is 0.416 e.